The molecule has 0 atom stereocenters. The third-order valence-corrected chi connectivity index (χ3v) is 2.33. The Hall–Kier alpha value is -1.66. The van der Waals surface area contributed by atoms with Crippen LogP contribution in [0.2, 0.25) is 0 Å². The zero-order valence-electron chi connectivity index (χ0n) is 10.2. The van der Waals surface area contributed by atoms with E-state index in [1.165, 1.54) is 6.07 Å². The number of rotatable bonds is 5. The zero-order chi connectivity index (χ0) is 12.8. The largest absolute Gasteiger partial charge is 0.351 e. The molecule has 0 spiro atoms. The van der Waals surface area contributed by atoms with Crippen molar-refractivity contribution in [1.82, 2.24) is 10.6 Å². The van der Waals surface area contributed by atoms with Gasteiger partial charge in [-0.05, 0) is 20.0 Å². The Labute approximate surface area is 111 Å². The maximum absolute atomic E-state index is 11.6. The number of carbonyl (C=O) groups is 1. The summed E-state index contributed by atoms with van der Waals surface area (Å²) in [5, 5.41) is 16.3. The first-order valence-corrected chi connectivity index (χ1v) is 5.24. The number of benzene rings is 1. The summed E-state index contributed by atoms with van der Waals surface area (Å²) in [5.74, 6) is -0.302. The Morgan fingerprint density at radius 2 is 2.06 bits per heavy atom. The lowest BCUT2D eigenvalue weighted by atomic mass is 10.1. The van der Waals surface area contributed by atoms with E-state index in [1.807, 2.05) is 0 Å². The summed E-state index contributed by atoms with van der Waals surface area (Å²) in [5.41, 5.74) is 0.812. The lowest BCUT2D eigenvalue weighted by Crippen LogP contribution is -2.30. The van der Waals surface area contributed by atoms with Gasteiger partial charge in [-0.15, -0.1) is 12.4 Å². The Balaban J connectivity index is 0.00000289. The monoisotopic (exact) mass is 273 g/mol. The highest BCUT2D eigenvalue weighted by atomic mass is 35.5. The third kappa shape index (κ3) is 4.31. The standard InChI is InChI=1S/C11H15N3O3.ClH/c1-8-3-4-9(7-10(8)14(16)17)11(15)13-6-5-12-2;/h3-4,7,12H,5-6H2,1-2H3,(H,13,15);1H. The first kappa shape index (κ1) is 16.3. The van der Waals surface area contributed by atoms with E-state index in [9.17, 15) is 14.9 Å². The lowest BCUT2D eigenvalue weighted by Gasteiger charge is -2.05. The number of nitrogens with zero attached hydrogens (tertiary/aromatic N) is 1. The second-order valence-electron chi connectivity index (χ2n) is 3.62. The van der Waals surface area contributed by atoms with Gasteiger partial charge in [0.25, 0.3) is 11.6 Å². The van der Waals surface area contributed by atoms with Crippen LogP contribution in [0.15, 0.2) is 18.2 Å². The summed E-state index contributed by atoms with van der Waals surface area (Å²) in [6.07, 6.45) is 0. The van der Waals surface area contributed by atoms with E-state index < -0.39 is 4.92 Å². The van der Waals surface area contributed by atoms with Gasteiger partial charge < -0.3 is 10.6 Å². The van der Waals surface area contributed by atoms with Gasteiger partial charge in [0.05, 0.1) is 4.92 Å². The molecule has 1 aromatic carbocycles. The van der Waals surface area contributed by atoms with Crippen molar-refractivity contribution in [3.8, 4) is 0 Å². The average Bonchev–Trinajstić information content (AvgIpc) is 2.29. The fourth-order valence-corrected chi connectivity index (χ4v) is 1.35. The van der Waals surface area contributed by atoms with E-state index in [2.05, 4.69) is 10.6 Å². The van der Waals surface area contributed by atoms with Crippen molar-refractivity contribution < 1.29 is 9.72 Å². The minimum atomic E-state index is -0.486. The second-order valence-corrected chi connectivity index (χ2v) is 3.62. The third-order valence-electron chi connectivity index (χ3n) is 2.33. The first-order valence-electron chi connectivity index (χ1n) is 5.24. The molecule has 0 fully saturated rings. The maximum Gasteiger partial charge on any atom is 0.273 e. The van der Waals surface area contributed by atoms with Crippen LogP contribution < -0.4 is 10.6 Å². The number of nitro groups is 1. The van der Waals surface area contributed by atoms with E-state index in [0.29, 0.717) is 24.2 Å². The van der Waals surface area contributed by atoms with E-state index >= 15 is 0 Å². The fourth-order valence-electron chi connectivity index (χ4n) is 1.35. The van der Waals surface area contributed by atoms with E-state index in [1.54, 1.807) is 26.1 Å². The number of likely N-dealkylation sites (N-methyl/N-ethyl adjacent to an activating group) is 1. The molecule has 0 aliphatic carbocycles. The van der Waals surface area contributed by atoms with Crippen LogP contribution in [-0.4, -0.2) is 31.0 Å². The Bertz CT molecular complexity index is 438. The van der Waals surface area contributed by atoms with Crippen LogP contribution in [0.1, 0.15) is 15.9 Å². The minimum absolute atomic E-state index is 0. The molecule has 7 heteroatoms. The van der Waals surface area contributed by atoms with Crippen LogP contribution >= 0.6 is 12.4 Å². The summed E-state index contributed by atoms with van der Waals surface area (Å²) in [7, 11) is 1.78. The van der Waals surface area contributed by atoms with Crippen molar-refractivity contribution in [3.63, 3.8) is 0 Å². The molecule has 0 saturated carbocycles. The van der Waals surface area contributed by atoms with Crippen LogP contribution in [0, 0.1) is 17.0 Å². The van der Waals surface area contributed by atoms with Gasteiger partial charge in [-0.1, -0.05) is 6.07 Å². The molecule has 2 N–H and O–H groups in total. The van der Waals surface area contributed by atoms with Crippen molar-refractivity contribution in [2.24, 2.45) is 0 Å². The van der Waals surface area contributed by atoms with Gasteiger partial charge in [-0.3, -0.25) is 14.9 Å². The van der Waals surface area contributed by atoms with Crippen LogP contribution in [-0.2, 0) is 0 Å². The van der Waals surface area contributed by atoms with Crippen LogP contribution in [0.3, 0.4) is 0 Å². The topological polar surface area (TPSA) is 84.3 Å². The highest BCUT2D eigenvalue weighted by Gasteiger charge is 2.14. The molecule has 6 nitrogen and oxygen atoms in total. The van der Waals surface area contributed by atoms with E-state index in [-0.39, 0.29) is 24.0 Å². The van der Waals surface area contributed by atoms with Crippen LogP contribution in [0.5, 0.6) is 0 Å². The summed E-state index contributed by atoms with van der Waals surface area (Å²) in [6.45, 7) is 2.78. The molecule has 18 heavy (non-hydrogen) atoms. The molecule has 0 aliphatic rings. The molecule has 1 amide bonds. The lowest BCUT2D eigenvalue weighted by molar-refractivity contribution is -0.385. The normalized spacial score (nSPS) is 9.44. The summed E-state index contributed by atoms with van der Waals surface area (Å²) >= 11 is 0. The van der Waals surface area contributed by atoms with E-state index in [4.69, 9.17) is 0 Å². The molecule has 0 aromatic heterocycles. The predicted octanol–water partition coefficient (Wildman–Crippen LogP) is 1.27. The number of carbonyl (C=O) groups excluding carboxylic acids is 1. The Morgan fingerprint density at radius 3 is 2.61 bits per heavy atom. The number of amides is 1. The molecule has 0 radical (unpaired) electrons. The average molecular weight is 274 g/mol. The summed E-state index contributed by atoms with van der Waals surface area (Å²) in [6, 6.07) is 4.45. The number of halogens is 1. The maximum atomic E-state index is 11.6. The highest BCUT2D eigenvalue weighted by Crippen LogP contribution is 2.18. The quantitative estimate of drug-likeness (QED) is 0.481. The van der Waals surface area contributed by atoms with Crippen molar-refractivity contribution in [2.45, 2.75) is 6.92 Å². The van der Waals surface area contributed by atoms with Crippen molar-refractivity contribution in [2.75, 3.05) is 20.1 Å². The molecule has 0 aliphatic heterocycles. The highest BCUT2D eigenvalue weighted by molar-refractivity contribution is 5.94. The van der Waals surface area contributed by atoms with Gasteiger partial charge in [0.15, 0.2) is 0 Å². The molecule has 100 valence electrons. The van der Waals surface area contributed by atoms with Crippen molar-refractivity contribution >= 4 is 24.0 Å². The summed E-state index contributed by atoms with van der Waals surface area (Å²) in [4.78, 5) is 21.9. The molecule has 0 heterocycles. The van der Waals surface area contributed by atoms with Gasteiger partial charge in [0.2, 0.25) is 0 Å². The van der Waals surface area contributed by atoms with Crippen molar-refractivity contribution in [1.29, 1.82) is 0 Å². The number of hydrogen-bond donors (Lipinski definition) is 2. The number of nitro benzene ring substituents is 1. The van der Waals surface area contributed by atoms with Gasteiger partial charge in [-0.2, -0.15) is 0 Å². The van der Waals surface area contributed by atoms with Gasteiger partial charge in [0.1, 0.15) is 0 Å². The fraction of sp³-hybridized carbons (Fsp3) is 0.364. The molecule has 0 unspecified atom stereocenters. The first-order chi connectivity index (χ1) is 8.06. The van der Waals surface area contributed by atoms with Crippen molar-refractivity contribution in [3.05, 3.63) is 39.4 Å². The van der Waals surface area contributed by atoms with Crippen LogP contribution in [0.4, 0.5) is 5.69 Å². The van der Waals surface area contributed by atoms with Gasteiger partial charge >= 0.3 is 0 Å². The smallest absolute Gasteiger partial charge is 0.273 e. The molecular formula is C11H16ClN3O3. The molecule has 0 saturated heterocycles. The SMILES string of the molecule is CNCCNC(=O)c1ccc(C)c([N+](=O)[O-])c1.Cl. The number of hydrogen-bond acceptors (Lipinski definition) is 4. The van der Waals surface area contributed by atoms with Gasteiger partial charge in [0, 0.05) is 30.3 Å². The molecule has 1 rings (SSSR count). The Morgan fingerprint density at radius 1 is 1.39 bits per heavy atom. The summed E-state index contributed by atoms with van der Waals surface area (Å²) < 4.78 is 0. The second kappa shape index (κ2) is 7.62. The van der Waals surface area contributed by atoms with Gasteiger partial charge in [-0.25, -0.2) is 0 Å². The number of aryl methyl sites for hydroxylation is 1. The van der Waals surface area contributed by atoms with E-state index in [0.717, 1.165) is 0 Å². The molecule has 0 bridgehead atoms. The zero-order valence-corrected chi connectivity index (χ0v) is 11.0. The minimum Gasteiger partial charge on any atom is -0.351 e. The number of nitrogens with one attached hydrogen (secondary N) is 2. The predicted molar refractivity (Wildman–Crippen MR) is 71.3 cm³/mol. The Kier molecular flexibility index (Phi) is 6.92. The molecule has 1 aromatic rings. The molecular weight excluding hydrogens is 258 g/mol. The van der Waals surface area contributed by atoms with Crippen LogP contribution in [0.25, 0.3) is 0 Å².